The molecule has 1 aromatic carbocycles. The summed E-state index contributed by atoms with van der Waals surface area (Å²) in [5, 5.41) is 3.29. The molecule has 1 saturated heterocycles. The molecule has 2 nitrogen and oxygen atoms in total. The second-order valence-electron chi connectivity index (χ2n) is 5.11. The van der Waals surface area contributed by atoms with Crippen LogP contribution >= 0.6 is 0 Å². The number of benzene rings is 1. The monoisotopic (exact) mass is 254 g/mol. The van der Waals surface area contributed by atoms with Crippen molar-refractivity contribution in [2.45, 2.75) is 32.4 Å². The smallest absolute Gasteiger partial charge is 0.128 e. The van der Waals surface area contributed by atoms with Crippen molar-refractivity contribution in [2.75, 3.05) is 20.1 Å². The van der Waals surface area contributed by atoms with Crippen molar-refractivity contribution >= 4 is 0 Å². The highest BCUT2D eigenvalue weighted by molar-refractivity contribution is 5.27. The van der Waals surface area contributed by atoms with Gasteiger partial charge in [-0.25, -0.2) is 8.78 Å². The number of likely N-dealkylation sites (N-methyl/N-ethyl adjacent to an activating group) is 1. The van der Waals surface area contributed by atoms with E-state index in [0.29, 0.717) is 17.2 Å². The predicted octanol–water partition coefficient (Wildman–Crippen LogP) is 2.63. The lowest BCUT2D eigenvalue weighted by atomic mass is 10.0. The Morgan fingerprint density at radius 3 is 2.67 bits per heavy atom. The maximum absolute atomic E-state index is 13.9. The molecule has 0 aromatic heterocycles. The summed E-state index contributed by atoms with van der Waals surface area (Å²) in [5.41, 5.74) is 0.793. The third-order valence-electron chi connectivity index (χ3n) is 3.95. The number of rotatable bonds is 3. The molecule has 1 fully saturated rings. The molecule has 1 heterocycles. The molecule has 0 radical (unpaired) electrons. The maximum atomic E-state index is 13.9. The van der Waals surface area contributed by atoms with Crippen LogP contribution in [0.1, 0.15) is 30.5 Å². The zero-order valence-corrected chi connectivity index (χ0v) is 11.1. The number of aryl methyl sites for hydroxylation is 1. The van der Waals surface area contributed by atoms with Gasteiger partial charge in [0.05, 0.1) is 0 Å². The van der Waals surface area contributed by atoms with Crippen LogP contribution in [-0.4, -0.2) is 31.1 Å². The molecule has 100 valence electrons. The first kappa shape index (κ1) is 13.4. The Balaban J connectivity index is 2.22. The first-order valence-corrected chi connectivity index (χ1v) is 6.39. The van der Waals surface area contributed by atoms with Crippen molar-refractivity contribution < 1.29 is 8.78 Å². The van der Waals surface area contributed by atoms with E-state index in [-0.39, 0.29) is 17.7 Å². The summed E-state index contributed by atoms with van der Waals surface area (Å²) >= 11 is 0. The van der Waals surface area contributed by atoms with Crippen molar-refractivity contribution in [3.63, 3.8) is 0 Å². The van der Waals surface area contributed by atoms with Gasteiger partial charge in [-0.3, -0.25) is 4.90 Å². The lowest BCUT2D eigenvalue weighted by Crippen LogP contribution is -2.35. The molecule has 1 aliphatic rings. The van der Waals surface area contributed by atoms with E-state index in [1.807, 2.05) is 14.0 Å². The quantitative estimate of drug-likeness (QED) is 0.892. The second kappa shape index (κ2) is 5.33. The van der Waals surface area contributed by atoms with Crippen LogP contribution in [0, 0.1) is 18.6 Å². The first-order chi connectivity index (χ1) is 8.50. The highest BCUT2D eigenvalue weighted by Gasteiger charge is 2.25. The Labute approximate surface area is 107 Å². The summed E-state index contributed by atoms with van der Waals surface area (Å²) in [6.07, 6.45) is 1.05. The Morgan fingerprint density at radius 1 is 1.33 bits per heavy atom. The zero-order chi connectivity index (χ0) is 13.3. The van der Waals surface area contributed by atoms with Crippen LogP contribution in [0.4, 0.5) is 8.78 Å². The fraction of sp³-hybridized carbons (Fsp3) is 0.571. The number of halogens is 2. The largest absolute Gasteiger partial charge is 0.315 e. The van der Waals surface area contributed by atoms with E-state index in [2.05, 4.69) is 10.2 Å². The predicted molar refractivity (Wildman–Crippen MR) is 68.5 cm³/mol. The minimum atomic E-state index is -0.337. The topological polar surface area (TPSA) is 15.3 Å². The Hall–Kier alpha value is -1.00. The van der Waals surface area contributed by atoms with Crippen LogP contribution in [0.15, 0.2) is 12.1 Å². The molecule has 1 N–H and O–H groups in total. The molecule has 1 aromatic rings. The molecular formula is C14H20F2N2. The summed E-state index contributed by atoms with van der Waals surface area (Å²) in [4.78, 5) is 2.12. The van der Waals surface area contributed by atoms with Gasteiger partial charge in [-0.05, 0) is 51.6 Å². The van der Waals surface area contributed by atoms with Crippen LogP contribution in [0.5, 0.6) is 0 Å². The Bertz CT molecular complexity index is 428. The molecule has 0 amide bonds. The normalized spacial score (nSPS) is 21.6. The fourth-order valence-corrected chi connectivity index (χ4v) is 2.50. The van der Waals surface area contributed by atoms with Crippen molar-refractivity contribution in [1.29, 1.82) is 0 Å². The summed E-state index contributed by atoms with van der Waals surface area (Å²) < 4.78 is 27.5. The third kappa shape index (κ3) is 2.54. The molecular weight excluding hydrogens is 234 g/mol. The molecule has 2 atom stereocenters. The number of nitrogens with one attached hydrogen (secondary N) is 1. The number of hydrogen-bond donors (Lipinski definition) is 1. The summed E-state index contributed by atoms with van der Waals surface area (Å²) in [6, 6.07) is 2.88. The van der Waals surface area contributed by atoms with Crippen molar-refractivity contribution in [3.8, 4) is 0 Å². The Kier molecular flexibility index (Phi) is 3.97. The second-order valence-corrected chi connectivity index (χ2v) is 5.11. The Morgan fingerprint density at radius 2 is 2.06 bits per heavy atom. The van der Waals surface area contributed by atoms with Crippen LogP contribution < -0.4 is 5.32 Å². The van der Waals surface area contributed by atoms with E-state index in [1.165, 1.54) is 12.1 Å². The summed E-state index contributed by atoms with van der Waals surface area (Å²) in [6.45, 7) is 5.41. The van der Waals surface area contributed by atoms with Crippen LogP contribution in [-0.2, 0) is 0 Å². The van der Waals surface area contributed by atoms with E-state index in [1.54, 1.807) is 6.92 Å². The van der Waals surface area contributed by atoms with Gasteiger partial charge in [0.2, 0.25) is 0 Å². The van der Waals surface area contributed by atoms with Crippen molar-refractivity contribution in [2.24, 2.45) is 0 Å². The maximum Gasteiger partial charge on any atom is 0.128 e. The minimum absolute atomic E-state index is 0.120. The van der Waals surface area contributed by atoms with Gasteiger partial charge in [0.1, 0.15) is 11.6 Å². The number of nitrogens with zero attached hydrogens (tertiary/aromatic N) is 1. The lowest BCUT2D eigenvalue weighted by molar-refractivity contribution is 0.193. The molecule has 1 aliphatic heterocycles. The van der Waals surface area contributed by atoms with Crippen molar-refractivity contribution in [1.82, 2.24) is 10.2 Å². The molecule has 2 rings (SSSR count). The van der Waals surface area contributed by atoms with Gasteiger partial charge in [0, 0.05) is 24.2 Å². The minimum Gasteiger partial charge on any atom is -0.315 e. The van der Waals surface area contributed by atoms with Gasteiger partial charge < -0.3 is 5.32 Å². The third-order valence-corrected chi connectivity index (χ3v) is 3.95. The van der Waals surface area contributed by atoms with E-state index in [0.717, 1.165) is 19.5 Å². The number of hydrogen-bond acceptors (Lipinski definition) is 2. The van der Waals surface area contributed by atoms with Gasteiger partial charge >= 0.3 is 0 Å². The highest BCUT2D eigenvalue weighted by Crippen LogP contribution is 2.27. The highest BCUT2D eigenvalue weighted by atomic mass is 19.1. The van der Waals surface area contributed by atoms with Gasteiger partial charge in [-0.15, -0.1) is 0 Å². The summed E-state index contributed by atoms with van der Waals surface area (Å²) in [7, 11) is 1.97. The molecule has 4 heteroatoms. The molecule has 0 aliphatic carbocycles. The van der Waals surface area contributed by atoms with E-state index in [9.17, 15) is 8.78 Å². The molecule has 0 spiro atoms. The first-order valence-electron chi connectivity index (χ1n) is 6.39. The van der Waals surface area contributed by atoms with E-state index < -0.39 is 0 Å². The zero-order valence-electron chi connectivity index (χ0n) is 11.1. The van der Waals surface area contributed by atoms with Gasteiger partial charge in [0.25, 0.3) is 0 Å². The average Bonchev–Trinajstić information content (AvgIpc) is 2.85. The molecule has 2 unspecified atom stereocenters. The lowest BCUT2D eigenvalue weighted by Gasteiger charge is -2.30. The van der Waals surface area contributed by atoms with Crippen LogP contribution in [0.3, 0.4) is 0 Å². The average molecular weight is 254 g/mol. The van der Waals surface area contributed by atoms with Gasteiger partial charge in [-0.2, -0.15) is 0 Å². The van der Waals surface area contributed by atoms with Gasteiger partial charge in [0.15, 0.2) is 0 Å². The van der Waals surface area contributed by atoms with Crippen molar-refractivity contribution in [3.05, 3.63) is 34.9 Å². The fourth-order valence-electron chi connectivity index (χ4n) is 2.50. The van der Waals surface area contributed by atoms with E-state index >= 15 is 0 Å². The van der Waals surface area contributed by atoms with Crippen LogP contribution in [0.2, 0.25) is 0 Å². The standard InChI is InChI=1S/C14H20F2N2/c1-9-6-14(16)12(7-13(9)15)10(2)18(3)11-4-5-17-8-11/h6-7,10-11,17H,4-5,8H2,1-3H3. The molecule has 18 heavy (non-hydrogen) atoms. The SMILES string of the molecule is Cc1cc(F)c(C(C)N(C)C2CCNC2)cc1F. The summed E-state index contributed by atoms with van der Waals surface area (Å²) in [5.74, 6) is -0.657. The van der Waals surface area contributed by atoms with Crippen LogP contribution in [0.25, 0.3) is 0 Å². The molecule has 0 saturated carbocycles. The van der Waals surface area contributed by atoms with Gasteiger partial charge in [-0.1, -0.05) is 0 Å². The molecule has 0 bridgehead atoms. The van der Waals surface area contributed by atoms with E-state index in [4.69, 9.17) is 0 Å².